The highest BCUT2D eigenvalue weighted by Gasteiger charge is 2.35. The number of carboxylic acids is 3. The Morgan fingerprint density at radius 1 is 0.274 bits per heavy atom. The van der Waals surface area contributed by atoms with Crippen LogP contribution in [0.2, 0.25) is 0 Å². The van der Waals surface area contributed by atoms with E-state index in [1.165, 1.54) is 36.4 Å². The highest BCUT2D eigenvalue weighted by molar-refractivity contribution is 6.05. The molecule has 0 aliphatic carbocycles. The zero-order chi connectivity index (χ0) is 63.8. The summed E-state index contributed by atoms with van der Waals surface area (Å²) in [6.45, 7) is 27.9. The van der Waals surface area contributed by atoms with Crippen LogP contribution in [-0.4, -0.2) is 104 Å². The first kappa shape index (κ1) is 67.4. The van der Waals surface area contributed by atoms with Crippen LogP contribution in [0.15, 0.2) is 54.6 Å². The van der Waals surface area contributed by atoms with Crippen molar-refractivity contribution in [3.63, 3.8) is 0 Å². The van der Waals surface area contributed by atoms with Gasteiger partial charge >= 0.3 is 54.8 Å². The molecule has 0 atom stereocenters. The number of carbonyl (C=O) groups excluding carboxylic acids is 6. The van der Waals surface area contributed by atoms with Crippen LogP contribution in [0.3, 0.4) is 0 Å². The molecule has 0 fully saturated rings. The molecule has 0 aliphatic rings. The molecule has 4 aromatic carbocycles. The molecule has 0 aliphatic heterocycles. The Balaban J connectivity index is 2.23. The van der Waals surface area contributed by atoms with Gasteiger partial charge in [0.25, 0.3) is 0 Å². The van der Waals surface area contributed by atoms with Gasteiger partial charge in [-0.05, 0) is 214 Å². The Bertz CT molecular complexity index is 2700. The molecule has 0 spiro atoms. The van der Waals surface area contributed by atoms with Gasteiger partial charge in [-0.15, -0.1) is 0 Å². The Labute approximate surface area is 485 Å². The minimum absolute atomic E-state index is 0.110. The van der Waals surface area contributed by atoms with E-state index < -0.39 is 141 Å². The highest BCUT2D eigenvalue weighted by Crippen LogP contribution is 2.38. The van der Waals surface area contributed by atoms with E-state index in [1.54, 1.807) is 125 Å². The van der Waals surface area contributed by atoms with Crippen molar-refractivity contribution in [2.45, 2.75) is 177 Å². The summed E-state index contributed by atoms with van der Waals surface area (Å²) in [7, 11) is 0. The van der Waals surface area contributed by atoms with Crippen LogP contribution in [0.1, 0.15) is 189 Å². The Morgan fingerprint density at radius 2 is 0.417 bits per heavy atom. The molecule has 0 radical (unpaired) electrons. The highest BCUT2D eigenvalue weighted by atomic mass is 16.8. The molecule has 3 N–H and O–H groups in total. The van der Waals surface area contributed by atoms with E-state index in [0.717, 1.165) is 18.2 Å². The van der Waals surface area contributed by atoms with E-state index >= 15 is 0 Å². The smallest absolute Gasteiger partial charge is 0.478 e. The van der Waals surface area contributed by atoms with Crippen molar-refractivity contribution >= 4 is 54.8 Å². The summed E-state index contributed by atoms with van der Waals surface area (Å²) < 4.78 is 64.9. The third-order valence-electron chi connectivity index (χ3n) is 9.96. The molecule has 0 unspecified atom stereocenters. The summed E-state index contributed by atoms with van der Waals surface area (Å²) in [5.41, 5.74) is -11.3. The molecular weight excluding hydrogens is 1100 g/mol. The van der Waals surface area contributed by atoms with Crippen molar-refractivity contribution in [1.29, 1.82) is 0 Å². The van der Waals surface area contributed by atoms with Crippen LogP contribution < -0.4 is 28.4 Å². The van der Waals surface area contributed by atoms with Crippen LogP contribution in [-0.2, 0) is 47.7 Å². The second kappa shape index (κ2) is 26.0. The molecule has 4 rings (SSSR count). The Morgan fingerprint density at radius 3 is 0.536 bits per heavy atom. The molecule has 0 heterocycles. The van der Waals surface area contributed by atoms with Gasteiger partial charge in [0.05, 0.1) is 16.7 Å². The number of carbonyl (C=O) groups is 9. The zero-order valence-corrected chi connectivity index (χ0v) is 50.2. The topological polar surface area (TPSA) is 325 Å². The molecule has 0 bridgehead atoms. The van der Waals surface area contributed by atoms with Gasteiger partial charge in [-0.3, -0.25) is 0 Å². The lowest BCUT2D eigenvalue weighted by Crippen LogP contribution is -2.26. The summed E-state index contributed by atoms with van der Waals surface area (Å²) >= 11 is 0. The van der Waals surface area contributed by atoms with Crippen molar-refractivity contribution in [2.75, 3.05) is 0 Å². The first-order valence-electron chi connectivity index (χ1n) is 26.0. The fourth-order valence-corrected chi connectivity index (χ4v) is 7.59. The normalized spacial score (nSPS) is 11.9. The maximum atomic E-state index is 14.1. The molecule has 0 saturated carbocycles. The van der Waals surface area contributed by atoms with E-state index in [-0.39, 0.29) is 51.2 Å². The van der Waals surface area contributed by atoms with Crippen LogP contribution in [0.4, 0.5) is 28.8 Å². The predicted octanol–water partition coefficient (Wildman–Crippen LogP) is 13.4. The second-order valence-electron chi connectivity index (χ2n) is 24.8. The maximum Gasteiger partial charge on any atom is 0.514 e. The van der Waals surface area contributed by atoms with E-state index in [4.69, 9.17) is 56.8 Å². The van der Waals surface area contributed by atoms with Gasteiger partial charge in [0.2, 0.25) is 0 Å². The van der Waals surface area contributed by atoms with Gasteiger partial charge in [0.15, 0.2) is 0 Å². The van der Waals surface area contributed by atoms with Crippen LogP contribution in [0.5, 0.6) is 34.5 Å². The lowest BCUT2D eigenvalue weighted by Gasteiger charge is -2.24. The van der Waals surface area contributed by atoms with Gasteiger partial charge in [0.1, 0.15) is 68.1 Å². The summed E-state index contributed by atoms with van der Waals surface area (Å²) in [5, 5.41) is 34.1. The maximum absolute atomic E-state index is 14.1. The number of hydrogen-bond acceptors (Lipinski definition) is 21. The third-order valence-corrected chi connectivity index (χ3v) is 9.96. The number of benzene rings is 4. The lowest BCUT2D eigenvalue weighted by atomic mass is 9.80. The third kappa shape index (κ3) is 22.7. The number of hydrogen-bond donors (Lipinski definition) is 3. The zero-order valence-electron chi connectivity index (χ0n) is 50.2. The molecule has 24 heteroatoms. The van der Waals surface area contributed by atoms with Crippen LogP contribution in [0, 0.1) is 0 Å². The molecule has 4 aromatic rings. The van der Waals surface area contributed by atoms with Crippen LogP contribution in [0.25, 0.3) is 0 Å². The average molecular weight is 1180 g/mol. The minimum Gasteiger partial charge on any atom is -0.478 e. The summed E-state index contributed by atoms with van der Waals surface area (Å²) in [6.07, 6.45) is -9.80. The van der Waals surface area contributed by atoms with E-state index in [9.17, 15) is 58.5 Å². The Hall–Kier alpha value is -9.09. The van der Waals surface area contributed by atoms with Gasteiger partial charge in [0, 0.05) is 18.2 Å². The Kier molecular flexibility index (Phi) is 20.9. The summed E-state index contributed by atoms with van der Waals surface area (Å²) in [5.74, 6) is -7.83. The van der Waals surface area contributed by atoms with E-state index in [2.05, 4.69) is 0 Å². The molecule has 0 aromatic heterocycles. The quantitative estimate of drug-likeness (QED) is 0.0565. The fraction of sp³-hybridized carbons (Fsp3) is 0.450. The monoisotopic (exact) mass is 1180 g/mol. The van der Waals surface area contributed by atoms with Crippen molar-refractivity contribution in [3.8, 4) is 34.5 Å². The van der Waals surface area contributed by atoms with Crippen molar-refractivity contribution in [3.05, 3.63) is 105 Å². The van der Waals surface area contributed by atoms with Gasteiger partial charge in [-0.25, -0.2) is 43.2 Å². The minimum atomic E-state index is -1.88. The summed E-state index contributed by atoms with van der Waals surface area (Å²) in [6, 6.07) is 10.3. The first-order chi connectivity index (χ1) is 38.2. The van der Waals surface area contributed by atoms with Gasteiger partial charge in [-0.1, -0.05) is 0 Å². The molecule has 0 saturated heterocycles. The number of carboxylic acid groups (broad SMARTS) is 3. The predicted molar refractivity (Wildman–Crippen MR) is 296 cm³/mol. The van der Waals surface area contributed by atoms with Crippen molar-refractivity contribution in [1.82, 2.24) is 0 Å². The molecule has 24 nitrogen and oxygen atoms in total. The molecule has 456 valence electrons. The second-order valence-corrected chi connectivity index (χ2v) is 24.8. The number of aromatic carboxylic acids is 3. The van der Waals surface area contributed by atoms with Crippen molar-refractivity contribution in [2.24, 2.45) is 0 Å². The molecular formula is C60H72O24. The molecule has 0 amide bonds. The largest absolute Gasteiger partial charge is 0.514 e. The van der Waals surface area contributed by atoms with Crippen LogP contribution >= 0.6 is 0 Å². The first-order valence-corrected chi connectivity index (χ1v) is 26.0. The van der Waals surface area contributed by atoms with Crippen molar-refractivity contribution < 1.29 is 115 Å². The summed E-state index contributed by atoms with van der Waals surface area (Å²) in [4.78, 5) is 121. The van der Waals surface area contributed by atoms with Gasteiger partial charge < -0.3 is 72.2 Å². The number of rotatable bonds is 15. The van der Waals surface area contributed by atoms with E-state index in [0.29, 0.717) is 0 Å². The SMILES string of the molecule is CC(C)(C)OC(=O)Oc1cc(Cc2c(C(=O)O)c(Cc3cc(OC(=O)OC(C)(C)C)cc(OC(=O)OC(C)(C)C)c3)c(C(=O)O)c(Cc3cc(OC(=O)OC(C)(C)C)cc(OC(=O)OC(C)(C)C)c3)c2C(=O)O)cc(OC(=O)OC(C)(C)C)c1. The number of ether oxygens (including phenoxy) is 12. The average Bonchev–Trinajstić information content (AvgIpc) is 1.49. The lowest BCUT2D eigenvalue weighted by molar-refractivity contribution is 0.0177. The molecule has 84 heavy (non-hydrogen) atoms. The standard InChI is InChI=1S/C60H72O24/c1-55(2,3)79-49(67)73-34-19-31(20-35(28-34)74-50(68)80-56(4,5)6)25-40-43(46(61)62)41(26-32-21-36(75-51(69)81-57(7,8)9)29-37(22-32)76-52(70)82-58(10,11)12)45(48(65)66)42(44(40)47(63)64)27-33-23-38(77-53(71)83-59(13,14)15)30-39(24-33)78-54(72)84-60(16,17)18/h19-24,28-30H,25-27H2,1-18H3,(H,61,62)(H,63,64)(H,65,66). The van der Waals surface area contributed by atoms with E-state index in [1.807, 2.05) is 0 Å². The van der Waals surface area contributed by atoms with Gasteiger partial charge in [-0.2, -0.15) is 0 Å². The fourth-order valence-electron chi connectivity index (χ4n) is 7.59.